The van der Waals surface area contributed by atoms with Gasteiger partial charge >= 0.3 is 5.97 Å². The normalized spacial score (nSPS) is 10.1. The zero-order chi connectivity index (χ0) is 13.0. The lowest BCUT2D eigenvalue weighted by Gasteiger charge is -2.06. The van der Waals surface area contributed by atoms with Gasteiger partial charge in [0.1, 0.15) is 5.75 Å². The van der Waals surface area contributed by atoms with Gasteiger partial charge in [0, 0.05) is 12.3 Å². The van der Waals surface area contributed by atoms with Crippen molar-refractivity contribution in [3.05, 3.63) is 53.7 Å². The molecule has 1 aromatic heterocycles. The number of carboxylic acid groups (broad SMARTS) is 1. The molecule has 0 amide bonds. The maximum absolute atomic E-state index is 10.6. The van der Waals surface area contributed by atoms with Gasteiger partial charge in [0.15, 0.2) is 0 Å². The number of carboxylic acids is 1. The third kappa shape index (κ3) is 3.31. The molecule has 0 atom stereocenters. The maximum atomic E-state index is 10.6. The minimum absolute atomic E-state index is 0.0154. The van der Waals surface area contributed by atoms with Crippen molar-refractivity contribution < 1.29 is 14.6 Å². The average molecular weight is 243 g/mol. The highest BCUT2D eigenvalue weighted by molar-refractivity contribution is 5.70. The minimum atomic E-state index is -0.861. The number of hydrogen-bond donors (Lipinski definition) is 1. The second kappa shape index (κ2) is 5.31. The summed E-state index contributed by atoms with van der Waals surface area (Å²) < 4.78 is 5.55. The van der Waals surface area contributed by atoms with Gasteiger partial charge in [-0.25, -0.2) is 4.98 Å². The molecule has 0 saturated heterocycles. The van der Waals surface area contributed by atoms with Crippen molar-refractivity contribution in [2.45, 2.75) is 13.3 Å². The third-order valence-electron chi connectivity index (χ3n) is 2.36. The molecule has 0 aliphatic heterocycles. The molecule has 2 aromatic rings. The van der Waals surface area contributed by atoms with Gasteiger partial charge in [-0.2, -0.15) is 0 Å². The first kappa shape index (κ1) is 12.1. The largest absolute Gasteiger partial charge is 0.481 e. The highest BCUT2D eigenvalue weighted by atomic mass is 16.5. The number of benzene rings is 1. The fraction of sp³-hybridized carbons (Fsp3) is 0.143. The Hall–Kier alpha value is -2.36. The molecule has 4 heteroatoms. The van der Waals surface area contributed by atoms with Crippen LogP contribution in [0.3, 0.4) is 0 Å². The zero-order valence-electron chi connectivity index (χ0n) is 9.96. The summed E-state index contributed by atoms with van der Waals surface area (Å²) in [6.07, 6.45) is 1.70. The van der Waals surface area contributed by atoms with E-state index in [1.165, 1.54) is 0 Å². The van der Waals surface area contributed by atoms with Crippen molar-refractivity contribution in [2.24, 2.45) is 0 Å². The summed E-state index contributed by atoms with van der Waals surface area (Å²) in [7, 11) is 0. The van der Waals surface area contributed by atoms with E-state index in [0.717, 1.165) is 5.56 Å². The quantitative estimate of drug-likeness (QED) is 0.897. The molecule has 0 spiro atoms. The number of pyridine rings is 1. The van der Waals surface area contributed by atoms with Gasteiger partial charge in [0.05, 0.1) is 6.42 Å². The first-order valence-corrected chi connectivity index (χ1v) is 5.55. The van der Waals surface area contributed by atoms with Crippen LogP contribution in [0.5, 0.6) is 11.6 Å². The summed E-state index contributed by atoms with van der Waals surface area (Å²) in [6, 6.07) is 10.7. The van der Waals surface area contributed by atoms with E-state index >= 15 is 0 Å². The highest BCUT2D eigenvalue weighted by Gasteiger charge is 2.03. The molecule has 1 aromatic carbocycles. The van der Waals surface area contributed by atoms with E-state index in [2.05, 4.69) is 4.98 Å². The second-order valence-electron chi connectivity index (χ2n) is 3.99. The summed E-state index contributed by atoms with van der Waals surface area (Å²) in [4.78, 5) is 14.7. The van der Waals surface area contributed by atoms with E-state index in [-0.39, 0.29) is 6.42 Å². The summed E-state index contributed by atoms with van der Waals surface area (Å²) in [5.41, 5.74) is 1.76. The number of aliphatic carboxylic acids is 1. The Balaban J connectivity index is 2.13. The lowest BCUT2D eigenvalue weighted by molar-refractivity contribution is -0.136. The summed E-state index contributed by atoms with van der Waals surface area (Å²) in [6.45, 7) is 1.95. The standard InChI is InChI=1S/C14H13NO3/c1-10-5-6-13(15-9-10)18-12-4-2-3-11(7-12)8-14(16)17/h2-7,9H,8H2,1H3,(H,16,17). The van der Waals surface area contributed by atoms with Crippen LogP contribution in [0.1, 0.15) is 11.1 Å². The Morgan fingerprint density at radius 1 is 1.33 bits per heavy atom. The van der Waals surface area contributed by atoms with Crippen LogP contribution < -0.4 is 4.74 Å². The third-order valence-corrected chi connectivity index (χ3v) is 2.36. The van der Waals surface area contributed by atoms with Crippen LogP contribution in [-0.4, -0.2) is 16.1 Å². The zero-order valence-corrected chi connectivity index (χ0v) is 9.96. The first-order chi connectivity index (χ1) is 8.63. The lowest BCUT2D eigenvalue weighted by Crippen LogP contribution is -1.99. The average Bonchev–Trinajstić information content (AvgIpc) is 2.32. The van der Waals surface area contributed by atoms with Crippen LogP contribution in [0.15, 0.2) is 42.6 Å². The molecule has 1 heterocycles. The molecule has 0 radical (unpaired) electrons. The van der Waals surface area contributed by atoms with E-state index in [4.69, 9.17) is 9.84 Å². The van der Waals surface area contributed by atoms with Gasteiger partial charge < -0.3 is 9.84 Å². The number of ether oxygens (including phenoxy) is 1. The van der Waals surface area contributed by atoms with E-state index in [1.807, 2.05) is 13.0 Å². The molecular weight excluding hydrogens is 230 g/mol. The van der Waals surface area contributed by atoms with Crippen molar-refractivity contribution in [3.63, 3.8) is 0 Å². The maximum Gasteiger partial charge on any atom is 0.307 e. The van der Waals surface area contributed by atoms with Crippen LogP contribution in [0.2, 0.25) is 0 Å². The molecule has 4 nitrogen and oxygen atoms in total. The molecule has 0 aliphatic carbocycles. The van der Waals surface area contributed by atoms with Crippen molar-refractivity contribution >= 4 is 5.97 Å². The smallest absolute Gasteiger partial charge is 0.307 e. The predicted octanol–water partition coefficient (Wildman–Crippen LogP) is 2.81. The minimum Gasteiger partial charge on any atom is -0.481 e. The van der Waals surface area contributed by atoms with Gasteiger partial charge in [-0.05, 0) is 30.2 Å². The van der Waals surface area contributed by atoms with Crippen molar-refractivity contribution in [3.8, 4) is 11.6 Å². The van der Waals surface area contributed by atoms with Crippen molar-refractivity contribution in [2.75, 3.05) is 0 Å². The molecule has 18 heavy (non-hydrogen) atoms. The Kier molecular flexibility index (Phi) is 3.57. The Labute approximate surface area is 105 Å². The molecule has 0 bridgehead atoms. The Bertz CT molecular complexity index is 549. The molecule has 92 valence electrons. The number of nitrogens with zero attached hydrogens (tertiary/aromatic N) is 1. The number of hydrogen-bond acceptors (Lipinski definition) is 3. The number of aromatic nitrogens is 1. The fourth-order valence-corrected chi connectivity index (χ4v) is 1.53. The van der Waals surface area contributed by atoms with E-state index in [0.29, 0.717) is 17.2 Å². The molecule has 0 saturated carbocycles. The Morgan fingerprint density at radius 3 is 2.83 bits per heavy atom. The van der Waals surface area contributed by atoms with Crippen molar-refractivity contribution in [1.29, 1.82) is 0 Å². The second-order valence-corrected chi connectivity index (χ2v) is 3.99. The molecule has 0 fully saturated rings. The van der Waals surface area contributed by atoms with Crippen LogP contribution in [0.25, 0.3) is 0 Å². The van der Waals surface area contributed by atoms with E-state index in [1.54, 1.807) is 36.5 Å². The van der Waals surface area contributed by atoms with Gasteiger partial charge in [-0.15, -0.1) is 0 Å². The van der Waals surface area contributed by atoms with E-state index < -0.39 is 5.97 Å². The summed E-state index contributed by atoms with van der Waals surface area (Å²) in [5.74, 6) is 0.221. The van der Waals surface area contributed by atoms with Crippen LogP contribution in [-0.2, 0) is 11.2 Å². The van der Waals surface area contributed by atoms with Gasteiger partial charge in [-0.1, -0.05) is 18.2 Å². The summed E-state index contributed by atoms with van der Waals surface area (Å²) in [5, 5.41) is 8.72. The number of carbonyl (C=O) groups is 1. The number of aryl methyl sites for hydroxylation is 1. The van der Waals surface area contributed by atoms with Crippen LogP contribution >= 0.6 is 0 Å². The molecule has 2 rings (SSSR count). The van der Waals surface area contributed by atoms with Crippen LogP contribution in [0, 0.1) is 6.92 Å². The molecule has 0 unspecified atom stereocenters. The van der Waals surface area contributed by atoms with Gasteiger partial charge in [0.25, 0.3) is 0 Å². The Morgan fingerprint density at radius 2 is 2.17 bits per heavy atom. The lowest BCUT2D eigenvalue weighted by atomic mass is 10.1. The molecule has 1 N–H and O–H groups in total. The monoisotopic (exact) mass is 243 g/mol. The highest BCUT2D eigenvalue weighted by Crippen LogP contribution is 2.20. The van der Waals surface area contributed by atoms with Gasteiger partial charge in [-0.3, -0.25) is 4.79 Å². The molecular formula is C14H13NO3. The predicted molar refractivity (Wildman–Crippen MR) is 66.8 cm³/mol. The SMILES string of the molecule is Cc1ccc(Oc2cccc(CC(=O)O)c2)nc1. The number of rotatable bonds is 4. The van der Waals surface area contributed by atoms with Crippen LogP contribution in [0.4, 0.5) is 0 Å². The van der Waals surface area contributed by atoms with E-state index in [9.17, 15) is 4.79 Å². The fourth-order valence-electron chi connectivity index (χ4n) is 1.53. The summed E-state index contributed by atoms with van der Waals surface area (Å²) >= 11 is 0. The van der Waals surface area contributed by atoms with Gasteiger partial charge in [0.2, 0.25) is 5.88 Å². The topological polar surface area (TPSA) is 59.4 Å². The van der Waals surface area contributed by atoms with Crippen molar-refractivity contribution in [1.82, 2.24) is 4.98 Å². The first-order valence-electron chi connectivity index (χ1n) is 5.55. The molecule has 0 aliphatic rings.